The second-order valence-corrected chi connectivity index (χ2v) is 10.1. The molecule has 0 spiro atoms. The number of nitrogens with one attached hydrogen (secondary N) is 2. The second-order valence-electron chi connectivity index (χ2n) is 9.69. The molecule has 3 aromatic carbocycles. The van der Waals surface area contributed by atoms with Crippen molar-refractivity contribution in [3.05, 3.63) is 94.5 Å². The summed E-state index contributed by atoms with van der Waals surface area (Å²) in [6, 6.07) is 17.0. The number of carbonyl (C=O) groups excluding carboxylic acids is 2. The first-order valence-electron chi connectivity index (χ1n) is 12.9. The third kappa shape index (κ3) is 5.94. The number of amides is 3. The minimum Gasteiger partial charge on any atom is -0.465 e. The van der Waals surface area contributed by atoms with Gasteiger partial charge < -0.3 is 25.1 Å². The number of fused-ring (bicyclic) bond motifs is 1. The van der Waals surface area contributed by atoms with Gasteiger partial charge in [0.25, 0.3) is 0 Å². The van der Waals surface area contributed by atoms with E-state index in [1.54, 1.807) is 23.3 Å². The van der Waals surface area contributed by atoms with Crippen molar-refractivity contribution in [1.29, 1.82) is 0 Å². The molecule has 0 bridgehead atoms. The fraction of sp³-hybridized carbons (Fsp3) is 0.233. The van der Waals surface area contributed by atoms with Crippen molar-refractivity contribution in [2.24, 2.45) is 0 Å². The molecule has 1 fully saturated rings. The van der Waals surface area contributed by atoms with Crippen LogP contribution in [0.25, 0.3) is 22.1 Å². The first kappa shape index (κ1) is 27.2. The molecule has 1 aliphatic rings. The smallest absolute Gasteiger partial charge is 0.404 e. The van der Waals surface area contributed by atoms with Crippen LogP contribution in [0.3, 0.4) is 0 Å². The molecule has 1 atom stereocenters. The van der Waals surface area contributed by atoms with Crippen LogP contribution in [0.2, 0.25) is 5.02 Å². The Morgan fingerprint density at radius 3 is 2.67 bits per heavy atom. The Morgan fingerprint density at radius 1 is 1.02 bits per heavy atom. The van der Waals surface area contributed by atoms with Gasteiger partial charge in [-0.05, 0) is 59.9 Å². The average Bonchev–Trinajstić information content (AvgIpc) is 3.62. The summed E-state index contributed by atoms with van der Waals surface area (Å²) >= 11 is 5.84. The van der Waals surface area contributed by atoms with E-state index in [1.807, 2.05) is 42.5 Å². The number of carbonyl (C=O) groups is 3. The Morgan fingerprint density at radius 2 is 1.85 bits per heavy atom. The van der Waals surface area contributed by atoms with Gasteiger partial charge in [0.2, 0.25) is 11.8 Å². The van der Waals surface area contributed by atoms with E-state index in [9.17, 15) is 18.8 Å². The summed E-state index contributed by atoms with van der Waals surface area (Å²) in [5.41, 5.74) is 4.08. The van der Waals surface area contributed by atoms with Crippen molar-refractivity contribution in [2.75, 3.05) is 6.54 Å². The zero-order chi connectivity index (χ0) is 28.2. The molecular weight excluding hydrogens is 537 g/mol. The SMILES string of the molecule is O=C(O)NCc1cccc(-c2cc(CC(=O)N3CCCC3C(=O)NCc3cccc(Cl)c3F)cc3ccoc23)c1. The zero-order valence-electron chi connectivity index (χ0n) is 21.5. The molecule has 4 aromatic rings. The van der Waals surface area contributed by atoms with Gasteiger partial charge in [-0.25, -0.2) is 9.18 Å². The molecule has 1 aliphatic heterocycles. The summed E-state index contributed by atoms with van der Waals surface area (Å²) in [4.78, 5) is 38.9. The summed E-state index contributed by atoms with van der Waals surface area (Å²) < 4.78 is 20.0. The van der Waals surface area contributed by atoms with Crippen molar-refractivity contribution in [2.45, 2.75) is 38.4 Å². The van der Waals surface area contributed by atoms with E-state index < -0.39 is 18.0 Å². The molecule has 3 N–H and O–H groups in total. The molecule has 0 aliphatic carbocycles. The highest BCUT2D eigenvalue weighted by molar-refractivity contribution is 6.30. The van der Waals surface area contributed by atoms with Crippen molar-refractivity contribution in [1.82, 2.24) is 15.5 Å². The van der Waals surface area contributed by atoms with Crippen molar-refractivity contribution < 1.29 is 28.3 Å². The summed E-state index contributed by atoms with van der Waals surface area (Å²) in [6.45, 7) is 0.595. The topological polar surface area (TPSA) is 112 Å². The molecule has 2 heterocycles. The number of hydrogen-bond donors (Lipinski definition) is 3. The predicted octanol–water partition coefficient (Wildman–Crippen LogP) is 5.51. The van der Waals surface area contributed by atoms with Crippen LogP contribution >= 0.6 is 11.6 Å². The van der Waals surface area contributed by atoms with Crippen LogP contribution in [-0.4, -0.2) is 40.5 Å². The first-order valence-corrected chi connectivity index (χ1v) is 13.2. The van der Waals surface area contributed by atoms with Crippen LogP contribution in [0, 0.1) is 5.82 Å². The Bertz CT molecular complexity index is 1590. The van der Waals surface area contributed by atoms with Crippen LogP contribution < -0.4 is 10.6 Å². The van der Waals surface area contributed by atoms with E-state index in [2.05, 4.69) is 10.6 Å². The van der Waals surface area contributed by atoms with E-state index in [1.165, 1.54) is 6.07 Å². The minimum absolute atomic E-state index is 0.0120. The third-order valence-electron chi connectivity index (χ3n) is 7.01. The molecule has 3 amide bonds. The monoisotopic (exact) mass is 563 g/mol. The molecule has 10 heteroatoms. The Kier molecular flexibility index (Phi) is 8.02. The summed E-state index contributed by atoms with van der Waals surface area (Å²) in [7, 11) is 0. The Balaban J connectivity index is 1.32. The van der Waals surface area contributed by atoms with Gasteiger partial charge in [-0.2, -0.15) is 0 Å². The number of hydrogen-bond acceptors (Lipinski definition) is 4. The van der Waals surface area contributed by atoms with Gasteiger partial charge in [0.05, 0.1) is 17.7 Å². The molecule has 206 valence electrons. The van der Waals surface area contributed by atoms with Gasteiger partial charge in [-0.3, -0.25) is 9.59 Å². The van der Waals surface area contributed by atoms with Gasteiger partial charge in [0.15, 0.2) is 0 Å². The molecule has 1 aromatic heterocycles. The number of benzene rings is 3. The maximum atomic E-state index is 14.2. The number of nitrogens with zero attached hydrogens (tertiary/aromatic N) is 1. The predicted molar refractivity (Wildman–Crippen MR) is 148 cm³/mol. The second kappa shape index (κ2) is 11.8. The van der Waals surface area contributed by atoms with Crippen molar-refractivity contribution >= 4 is 40.5 Å². The van der Waals surface area contributed by atoms with Crippen molar-refractivity contribution in [3.8, 4) is 11.1 Å². The van der Waals surface area contributed by atoms with E-state index in [4.69, 9.17) is 21.1 Å². The van der Waals surface area contributed by atoms with Gasteiger partial charge in [0, 0.05) is 36.1 Å². The largest absolute Gasteiger partial charge is 0.465 e. The quantitative estimate of drug-likeness (QED) is 0.262. The molecule has 8 nitrogen and oxygen atoms in total. The van der Waals surface area contributed by atoms with Gasteiger partial charge >= 0.3 is 6.09 Å². The van der Waals surface area contributed by atoms with E-state index in [-0.39, 0.29) is 41.9 Å². The molecule has 0 saturated carbocycles. The Labute approximate surface area is 234 Å². The lowest BCUT2D eigenvalue weighted by molar-refractivity contribution is -0.138. The molecule has 5 rings (SSSR count). The zero-order valence-corrected chi connectivity index (χ0v) is 22.2. The maximum Gasteiger partial charge on any atom is 0.404 e. The fourth-order valence-corrected chi connectivity index (χ4v) is 5.28. The van der Waals surface area contributed by atoms with Crippen LogP contribution in [0.5, 0.6) is 0 Å². The number of rotatable bonds is 8. The average molecular weight is 564 g/mol. The number of halogens is 2. The van der Waals surface area contributed by atoms with Crippen molar-refractivity contribution in [3.63, 3.8) is 0 Å². The Hall–Kier alpha value is -4.37. The fourth-order valence-electron chi connectivity index (χ4n) is 5.09. The summed E-state index contributed by atoms with van der Waals surface area (Å²) in [5, 5.41) is 14.9. The molecule has 0 radical (unpaired) electrons. The van der Waals surface area contributed by atoms with Gasteiger partial charge in [0.1, 0.15) is 17.4 Å². The van der Waals surface area contributed by atoms with E-state index in [0.29, 0.717) is 25.0 Å². The van der Waals surface area contributed by atoms with E-state index >= 15 is 0 Å². The van der Waals surface area contributed by atoms with Gasteiger partial charge in [-0.15, -0.1) is 0 Å². The molecule has 1 unspecified atom stereocenters. The molecule has 1 saturated heterocycles. The number of furan rings is 1. The lowest BCUT2D eigenvalue weighted by Crippen LogP contribution is -2.46. The van der Waals surface area contributed by atoms with Crippen LogP contribution in [0.15, 0.2) is 71.3 Å². The standard InChI is InChI=1S/C30H27ClFN3O5/c31-24-7-2-6-22(27(24)32)17-33-29(37)25-8-3-10-35(25)26(36)15-19-13-21-9-11-40-28(21)23(14-19)20-5-1-4-18(12-20)16-34-30(38)39/h1-2,4-7,9,11-14,25,34H,3,8,10,15-17H2,(H,33,37)(H,38,39). The summed E-state index contributed by atoms with van der Waals surface area (Å²) in [6.07, 6.45) is 1.78. The van der Waals surface area contributed by atoms with Crippen LogP contribution in [0.1, 0.15) is 29.5 Å². The van der Waals surface area contributed by atoms with Gasteiger partial charge in [-0.1, -0.05) is 41.9 Å². The molecule has 40 heavy (non-hydrogen) atoms. The maximum absolute atomic E-state index is 14.2. The first-order chi connectivity index (χ1) is 19.3. The normalized spacial score (nSPS) is 14.8. The minimum atomic E-state index is -1.11. The lowest BCUT2D eigenvalue weighted by Gasteiger charge is -2.24. The highest BCUT2D eigenvalue weighted by Crippen LogP contribution is 2.32. The molecular formula is C30H27ClFN3O5. The lowest BCUT2D eigenvalue weighted by atomic mass is 9.97. The van der Waals surface area contributed by atoms with Crippen LogP contribution in [0.4, 0.5) is 9.18 Å². The van der Waals surface area contributed by atoms with E-state index in [0.717, 1.165) is 27.6 Å². The highest BCUT2D eigenvalue weighted by Gasteiger charge is 2.34. The number of likely N-dealkylation sites (tertiary alicyclic amines) is 1. The number of carboxylic acid groups (broad SMARTS) is 1. The van der Waals surface area contributed by atoms with Crippen LogP contribution in [-0.2, 0) is 29.1 Å². The third-order valence-corrected chi connectivity index (χ3v) is 7.30. The summed E-state index contributed by atoms with van der Waals surface area (Å²) in [5.74, 6) is -1.08. The highest BCUT2D eigenvalue weighted by atomic mass is 35.5.